The Kier molecular flexibility index (Phi) is 2.43. The topological polar surface area (TPSA) is 49.3 Å². The van der Waals surface area contributed by atoms with Gasteiger partial charge in [0.2, 0.25) is 0 Å². The predicted octanol–water partition coefficient (Wildman–Crippen LogP) is 1.11. The SMILES string of the molecule is CC1(CCl)C=C(C(=O)O)C=CN1. The van der Waals surface area contributed by atoms with Crippen molar-refractivity contribution in [3.63, 3.8) is 0 Å². The van der Waals surface area contributed by atoms with Crippen LogP contribution in [0.25, 0.3) is 0 Å². The Balaban J connectivity index is 2.89. The average Bonchev–Trinajstić information content (AvgIpc) is 2.05. The van der Waals surface area contributed by atoms with Gasteiger partial charge in [-0.1, -0.05) is 0 Å². The molecule has 0 amide bonds. The summed E-state index contributed by atoms with van der Waals surface area (Å²) >= 11 is 5.66. The smallest absolute Gasteiger partial charge is 0.335 e. The summed E-state index contributed by atoms with van der Waals surface area (Å²) in [6.07, 6.45) is 4.73. The highest BCUT2D eigenvalue weighted by Gasteiger charge is 2.23. The minimum Gasteiger partial charge on any atom is -0.478 e. The van der Waals surface area contributed by atoms with Crippen LogP contribution in [0.3, 0.4) is 0 Å². The normalized spacial score (nSPS) is 27.7. The first-order valence-corrected chi connectivity index (χ1v) is 4.07. The number of nitrogens with one attached hydrogen (secondary N) is 1. The minimum absolute atomic E-state index is 0.275. The first-order valence-electron chi connectivity index (χ1n) is 3.54. The fourth-order valence-corrected chi connectivity index (χ4v) is 1.12. The van der Waals surface area contributed by atoms with E-state index in [1.807, 2.05) is 6.92 Å². The van der Waals surface area contributed by atoms with Crippen molar-refractivity contribution in [1.82, 2.24) is 5.32 Å². The zero-order chi connectivity index (χ0) is 9.19. The van der Waals surface area contributed by atoms with E-state index in [9.17, 15) is 4.79 Å². The molecule has 66 valence electrons. The Morgan fingerprint density at radius 2 is 2.50 bits per heavy atom. The summed E-state index contributed by atoms with van der Waals surface area (Å²) in [7, 11) is 0. The molecule has 1 heterocycles. The highest BCUT2D eigenvalue weighted by Crippen LogP contribution is 2.16. The van der Waals surface area contributed by atoms with E-state index in [1.54, 1.807) is 12.3 Å². The highest BCUT2D eigenvalue weighted by molar-refractivity contribution is 6.18. The number of hydrogen-bond acceptors (Lipinski definition) is 2. The molecule has 0 aliphatic carbocycles. The first kappa shape index (κ1) is 9.13. The number of carboxylic acids is 1. The summed E-state index contributed by atoms with van der Waals surface area (Å²) in [6.45, 7) is 1.84. The summed E-state index contributed by atoms with van der Waals surface area (Å²) in [4.78, 5) is 10.6. The maximum absolute atomic E-state index is 10.6. The van der Waals surface area contributed by atoms with Gasteiger partial charge < -0.3 is 10.4 Å². The third-order valence-electron chi connectivity index (χ3n) is 1.67. The van der Waals surface area contributed by atoms with Crippen LogP contribution in [0.1, 0.15) is 6.92 Å². The zero-order valence-corrected chi connectivity index (χ0v) is 7.43. The van der Waals surface area contributed by atoms with Gasteiger partial charge in [-0.25, -0.2) is 4.79 Å². The predicted molar refractivity (Wildman–Crippen MR) is 47.1 cm³/mol. The van der Waals surface area contributed by atoms with Crippen LogP contribution in [-0.4, -0.2) is 22.5 Å². The molecule has 2 N–H and O–H groups in total. The van der Waals surface area contributed by atoms with Gasteiger partial charge in [0.15, 0.2) is 0 Å². The molecular formula is C8H10ClNO2. The lowest BCUT2D eigenvalue weighted by Crippen LogP contribution is -2.41. The lowest BCUT2D eigenvalue weighted by molar-refractivity contribution is -0.132. The maximum atomic E-state index is 10.6. The van der Waals surface area contributed by atoms with Crippen molar-refractivity contribution >= 4 is 17.6 Å². The van der Waals surface area contributed by atoms with Crippen LogP contribution in [0.15, 0.2) is 23.9 Å². The fourth-order valence-electron chi connectivity index (χ4n) is 0.965. The molecule has 1 aliphatic rings. The number of carboxylic acid groups (broad SMARTS) is 1. The molecule has 0 spiro atoms. The van der Waals surface area contributed by atoms with Crippen molar-refractivity contribution in [2.24, 2.45) is 0 Å². The summed E-state index contributed by atoms with van der Waals surface area (Å²) < 4.78 is 0. The standard InChI is InChI=1S/C8H10ClNO2/c1-8(5-9)4-6(7(11)12)2-3-10-8/h2-4,10H,5H2,1H3,(H,11,12). The molecule has 0 saturated carbocycles. The van der Waals surface area contributed by atoms with Crippen molar-refractivity contribution in [2.45, 2.75) is 12.5 Å². The molecule has 0 aromatic carbocycles. The van der Waals surface area contributed by atoms with Crippen LogP contribution in [0, 0.1) is 0 Å². The van der Waals surface area contributed by atoms with Gasteiger partial charge in [-0.3, -0.25) is 0 Å². The Morgan fingerprint density at radius 3 is 3.00 bits per heavy atom. The third kappa shape index (κ3) is 1.80. The average molecular weight is 188 g/mol. The quantitative estimate of drug-likeness (QED) is 0.637. The summed E-state index contributed by atoms with van der Waals surface area (Å²) in [5, 5.41) is 11.7. The molecule has 0 aromatic heterocycles. The number of carbonyl (C=O) groups is 1. The molecule has 0 saturated heterocycles. The molecule has 1 aliphatic heterocycles. The van der Waals surface area contributed by atoms with E-state index >= 15 is 0 Å². The molecule has 0 bridgehead atoms. The van der Waals surface area contributed by atoms with Gasteiger partial charge in [0.05, 0.1) is 11.1 Å². The van der Waals surface area contributed by atoms with Crippen LogP contribution in [0.5, 0.6) is 0 Å². The number of aliphatic carboxylic acids is 1. The van der Waals surface area contributed by atoms with E-state index in [4.69, 9.17) is 16.7 Å². The number of halogens is 1. The van der Waals surface area contributed by atoms with Crippen LogP contribution in [0.2, 0.25) is 0 Å². The molecular weight excluding hydrogens is 178 g/mol. The molecule has 3 nitrogen and oxygen atoms in total. The van der Waals surface area contributed by atoms with Gasteiger partial charge in [0, 0.05) is 5.88 Å². The highest BCUT2D eigenvalue weighted by atomic mass is 35.5. The molecule has 4 heteroatoms. The van der Waals surface area contributed by atoms with Crippen molar-refractivity contribution in [3.8, 4) is 0 Å². The van der Waals surface area contributed by atoms with E-state index in [-0.39, 0.29) is 5.57 Å². The van der Waals surface area contributed by atoms with Crippen molar-refractivity contribution in [3.05, 3.63) is 23.9 Å². The van der Waals surface area contributed by atoms with Crippen LogP contribution in [0.4, 0.5) is 0 Å². The van der Waals surface area contributed by atoms with Crippen LogP contribution < -0.4 is 5.32 Å². The second kappa shape index (κ2) is 3.19. The number of alkyl halides is 1. The molecule has 1 unspecified atom stereocenters. The second-order valence-corrected chi connectivity index (χ2v) is 3.20. The van der Waals surface area contributed by atoms with Gasteiger partial charge in [0.1, 0.15) is 0 Å². The van der Waals surface area contributed by atoms with E-state index in [0.29, 0.717) is 5.88 Å². The molecule has 1 rings (SSSR count). The number of hydrogen-bond donors (Lipinski definition) is 2. The summed E-state index contributed by atoms with van der Waals surface area (Å²) in [5.41, 5.74) is -0.166. The van der Waals surface area contributed by atoms with Crippen molar-refractivity contribution in [1.29, 1.82) is 0 Å². The Morgan fingerprint density at radius 1 is 1.83 bits per heavy atom. The second-order valence-electron chi connectivity index (χ2n) is 2.93. The lowest BCUT2D eigenvalue weighted by Gasteiger charge is -2.27. The monoisotopic (exact) mass is 187 g/mol. The molecule has 0 radical (unpaired) electrons. The number of dihydropyridines is 1. The maximum Gasteiger partial charge on any atom is 0.335 e. The van der Waals surface area contributed by atoms with Crippen molar-refractivity contribution in [2.75, 3.05) is 5.88 Å². The lowest BCUT2D eigenvalue weighted by atomic mass is 9.98. The van der Waals surface area contributed by atoms with E-state index < -0.39 is 11.5 Å². The molecule has 12 heavy (non-hydrogen) atoms. The van der Waals surface area contributed by atoms with Gasteiger partial charge in [0.25, 0.3) is 0 Å². The van der Waals surface area contributed by atoms with Gasteiger partial charge in [-0.05, 0) is 25.3 Å². The fraction of sp³-hybridized carbons (Fsp3) is 0.375. The van der Waals surface area contributed by atoms with Crippen LogP contribution in [-0.2, 0) is 4.79 Å². The first-order chi connectivity index (χ1) is 5.57. The zero-order valence-electron chi connectivity index (χ0n) is 6.67. The Bertz CT molecular complexity index is 260. The van der Waals surface area contributed by atoms with E-state index in [2.05, 4.69) is 5.32 Å². The van der Waals surface area contributed by atoms with Gasteiger partial charge >= 0.3 is 5.97 Å². The summed E-state index contributed by atoms with van der Waals surface area (Å²) in [5.74, 6) is -0.585. The van der Waals surface area contributed by atoms with E-state index in [0.717, 1.165) is 0 Å². The molecule has 0 aromatic rings. The molecule has 0 fully saturated rings. The minimum atomic E-state index is -0.927. The largest absolute Gasteiger partial charge is 0.478 e. The Hall–Kier alpha value is -0.960. The summed E-state index contributed by atoms with van der Waals surface area (Å²) in [6, 6.07) is 0. The molecule has 1 atom stereocenters. The third-order valence-corrected chi connectivity index (χ3v) is 2.23. The van der Waals surface area contributed by atoms with Crippen LogP contribution >= 0.6 is 11.6 Å². The number of rotatable bonds is 2. The van der Waals surface area contributed by atoms with Gasteiger partial charge in [-0.2, -0.15) is 0 Å². The van der Waals surface area contributed by atoms with Gasteiger partial charge in [-0.15, -0.1) is 11.6 Å². The van der Waals surface area contributed by atoms with Crippen molar-refractivity contribution < 1.29 is 9.90 Å². The van der Waals surface area contributed by atoms with E-state index in [1.165, 1.54) is 6.08 Å². The Labute approximate surface area is 75.7 Å².